The van der Waals surface area contributed by atoms with Gasteiger partial charge in [-0.25, -0.2) is 4.98 Å². The number of aliphatic hydroxyl groups is 1. The van der Waals surface area contributed by atoms with E-state index in [1.807, 2.05) is 30.3 Å². The standard InChI is InChI=1S/C20H22BrN9O/c21-15-10-23-30-18(15)25-20(29-9-5-4-8-14(29)12-31)26-19(30)22-11-16-24-17(28-27-16)13-6-2-1-3-7-13/h1-3,6-7,10,14,31H,4-5,8-9,11-12H2,(H,22,25,26)(H,24,27,28)/t14-/m0/s1. The number of halogens is 1. The van der Waals surface area contributed by atoms with E-state index in [-0.39, 0.29) is 12.6 Å². The molecule has 0 amide bonds. The van der Waals surface area contributed by atoms with E-state index in [4.69, 9.17) is 9.97 Å². The number of piperidine rings is 1. The van der Waals surface area contributed by atoms with Gasteiger partial charge in [0.05, 0.1) is 29.9 Å². The number of rotatable bonds is 6. The molecule has 160 valence electrons. The van der Waals surface area contributed by atoms with Crippen molar-refractivity contribution in [2.45, 2.75) is 31.8 Å². The van der Waals surface area contributed by atoms with Crippen LogP contribution in [0, 0.1) is 0 Å². The number of aromatic amines is 1. The number of anilines is 2. The monoisotopic (exact) mass is 483 g/mol. The Morgan fingerprint density at radius 2 is 2.03 bits per heavy atom. The first-order chi connectivity index (χ1) is 15.2. The molecule has 0 spiro atoms. The van der Waals surface area contributed by atoms with E-state index in [2.05, 4.69) is 46.4 Å². The maximum Gasteiger partial charge on any atom is 0.231 e. The summed E-state index contributed by atoms with van der Waals surface area (Å²) in [5.74, 6) is 2.46. The lowest BCUT2D eigenvalue weighted by molar-refractivity contribution is 0.239. The van der Waals surface area contributed by atoms with Crippen LogP contribution in [-0.2, 0) is 6.54 Å². The highest BCUT2D eigenvalue weighted by Crippen LogP contribution is 2.26. The van der Waals surface area contributed by atoms with Crippen LogP contribution in [0.1, 0.15) is 25.1 Å². The van der Waals surface area contributed by atoms with Crippen molar-refractivity contribution < 1.29 is 5.11 Å². The van der Waals surface area contributed by atoms with Gasteiger partial charge in [-0.15, -0.1) is 0 Å². The topological polar surface area (TPSA) is 120 Å². The summed E-state index contributed by atoms with van der Waals surface area (Å²) in [6.07, 6.45) is 4.77. The minimum absolute atomic E-state index is 0.0217. The van der Waals surface area contributed by atoms with Gasteiger partial charge in [0.1, 0.15) is 5.82 Å². The molecular weight excluding hydrogens is 462 g/mol. The number of aromatic nitrogens is 7. The van der Waals surface area contributed by atoms with Crippen molar-refractivity contribution in [1.29, 1.82) is 0 Å². The van der Waals surface area contributed by atoms with Gasteiger partial charge in [-0.2, -0.15) is 24.7 Å². The van der Waals surface area contributed by atoms with Crippen molar-refractivity contribution >= 4 is 33.5 Å². The second-order valence-electron chi connectivity index (χ2n) is 7.43. The molecular formula is C20H22BrN9O. The lowest BCUT2D eigenvalue weighted by Gasteiger charge is -2.34. The lowest BCUT2D eigenvalue weighted by atomic mass is 10.0. The molecule has 1 aliphatic heterocycles. The van der Waals surface area contributed by atoms with Crippen LogP contribution in [0.2, 0.25) is 0 Å². The molecule has 3 aromatic heterocycles. The van der Waals surface area contributed by atoms with E-state index in [0.717, 1.165) is 35.8 Å². The molecule has 0 aliphatic carbocycles. The fraction of sp³-hybridized carbons (Fsp3) is 0.350. The average molecular weight is 484 g/mol. The summed E-state index contributed by atoms with van der Waals surface area (Å²) in [4.78, 5) is 16.1. The highest BCUT2D eigenvalue weighted by atomic mass is 79.9. The van der Waals surface area contributed by atoms with Gasteiger partial charge in [-0.3, -0.25) is 5.10 Å². The molecule has 1 aromatic carbocycles. The largest absolute Gasteiger partial charge is 0.394 e. The summed E-state index contributed by atoms with van der Waals surface area (Å²) >= 11 is 3.52. The van der Waals surface area contributed by atoms with Gasteiger partial charge in [0, 0.05) is 12.1 Å². The Hall–Kier alpha value is -3.05. The fourth-order valence-electron chi connectivity index (χ4n) is 3.79. The third kappa shape index (κ3) is 3.98. The Bertz CT molecular complexity index is 1180. The number of hydrogen-bond donors (Lipinski definition) is 3. The molecule has 4 heterocycles. The third-order valence-electron chi connectivity index (χ3n) is 5.39. The number of benzene rings is 1. The average Bonchev–Trinajstić information content (AvgIpc) is 3.45. The minimum atomic E-state index is 0.0217. The molecule has 1 fully saturated rings. The van der Waals surface area contributed by atoms with Crippen LogP contribution in [-0.4, -0.2) is 59.1 Å². The van der Waals surface area contributed by atoms with Gasteiger partial charge in [0.2, 0.25) is 11.9 Å². The molecule has 1 aliphatic rings. The predicted molar refractivity (Wildman–Crippen MR) is 120 cm³/mol. The smallest absolute Gasteiger partial charge is 0.231 e. The first kappa shape index (κ1) is 19.9. The van der Waals surface area contributed by atoms with E-state index in [1.54, 1.807) is 10.7 Å². The Morgan fingerprint density at radius 1 is 1.16 bits per heavy atom. The van der Waals surface area contributed by atoms with Gasteiger partial charge in [0.15, 0.2) is 11.5 Å². The third-order valence-corrected chi connectivity index (χ3v) is 5.95. The molecule has 0 saturated carbocycles. The first-order valence-corrected chi connectivity index (χ1v) is 11.0. The maximum absolute atomic E-state index is 9.81. The molecule has 0 unspecified atom stereocenters. The molecule has 11 heteroatoms. The van der Waals surface area contributed by atoms with Gasteiger partial charge < -0.3 is 15.3 Å². The van der Waals surface area contributed by atoms with Crippen LogP contribution in [0.4, 0.5) is 11.9 Å². The molecule has 5 rings (SSSR count). The zero-order valence-electron chi connectivity index (χ0n) is 16.7. The lowest BCUT2D eigenvalue weighted by Crippen LogP contribution is -2.43. The molecule has 3 N–H and O–H groups in total. The summed E-state index contributed by atoms with van der Waals surface area (Å²) < 4.78 is 2.43. The SMILES string of the molecule is OC[C@@H]1CCCCN1c1nc(NCc2nc(-c3ccccc3)n[nH]2)n2ncc(Br)c2n1. The van der Waals surface area contributed by atoms with E-state index >= 15 is 0 Å². The number of H-pyrrole nitrogens is 1. The normalized spacial score (nSPS) is 16.7. The Morgan fingerprint density at radius 3 is 2.87 bits per heavy atom. The number of fused-ring (bicyclic) bond motifs is 1. The van der Waals surface area contributed by atoms with Crippen LogP contribution in [0.3, 0.4) is 0 Å². The fourth-order valence-corrected chi connectivity index (χ4v) is 4.14. The summed E-state index contributed by atoms with van der Waals surface area (Å²) in [5.41, 5.74) is 1.62. The van der Waals surface area contributed by atoms with E-state index in [9.17, 15) is 5.11 Å². The van der Waals surface area contributed by atoms with Crippen LogP contribution in [0.15, 0.2) is 41.0 Å². The van der Waals surface area contributed by atoms with Crippen molar-refractivity contribution in [3.8, 4) is 11.4 Å². The van der Waals surface area contributed by atoms with Crippen molar-refractivity contribution in [3.05, 3.63) is 46.8 Å². The van der Waals surface area contributed by atoms with Crippen molar-refractivity contribution in [1.82, 2.24) is 34.8 Å². The molecule has 1 saturated heterocycles. The van der Waals surface area contributed by atoms with E-state index in [0.29, 0.717) is 35.7 Å². The quantitative estimate of drug-likeness (QED) is 0.382. The first-order valence-electron chi connectivity index (χ1n) is 10.2. The Labute approximate surface area is 186 Å². The number of nitrogens with one attached hydrogen (secondary N) is 2. The highest BCUT2D eigenvalue weighted by Gasteiger charge is 2.25. The number of aliphatic hydroxyl groups excluding tert-OH is 1. The molecule has 4 aromatic rings. The highest BCUT2D eigenvalue weighted by molar-refractivity contribution is 9.10. The van der Waals surface area contributed by atoms with Crippen molar-refractivity contribution in [2.24, 2.45) is 0 Å². The molecule has 0 radical (unpaired) electrons. The van der Waals surface area contributed by atoms with Gasteiger partial charge in [0.25, 0.3) is 0 Å². The molecule has 10 nitrogen and oxygen atoms in total. The van der Waals surface area contributed by atoms with Crippen LogP contribution in [0.25, 0.3) is 17.0 Å². The van der Waals surface area contributed by atoms with Crippen molar-refractivity contribution in [3.63, 3.8) is 0 Å². The minimum Gasteiger partial charge on any atom is -0.394 e. The molecule has 1 atom stereocenters. The zero-order chi connectivity index (χ0) is 21.2. The van der Waals surface area contributed by atoms with E-state index in [1.165, 1.54) is 0 Å². The van der Waals surface area contributed by atoms with E-state index < -0.39 is 0 Å². The Balaban J connectivity index is 1.42. The maximum atomic E-state index is 9.81. The van der Waals surface area contributed by atoms with Gasteiger partial charge in [-0.05, 0) is 35.2 Å². The second-order valence-corrected chi connectivity index (χ2v) is 8.28. The van der Waals surface area contributed by atoms with Crippen molar-refractivity contribution in [2.75, 3.05) is 23.4 Å². The molecule has 31 heavy (non-hydrogen) atoms. The predicted octanol–water partition coefficient (Wildman–Crippen LogP) is 2.64. The van der Waals surface area contributed by atoms with Gasteiger partial charge >= 0.3 is 0 Å². The molecule has 0 bridgehead atoms. The summed E-state index contributed by atoms with van der Waals surface area (Å²) in [6, 6.07) is 9.84. The second kappa shape index (κ2) is 8.60. The summed E-state index contributed by atoms with van der Waals surface area (Å²) in [5, 5.41) is 24.8. The zero-order valence-corrected chi connectivity index (χ0v) is 18.3. The van der Waals surface area contributed by atoms with Crippen LogP contribution < -0.4 is 10.2 Å². The van der Waals surface area contributed by atoms with Crippen LogP contribution >= 0.6 is 15.9 Å². The van der Waals surface area contributed by atoms with Crippen LogP contribution in [0.5, 0.6) is 0 Å². The number of hydrogen-bond acceptors (Lipinski definition) is 8. The summed E-state index contributed by atoms with van der Waals surface area (Å²) in [7, 11) is 0. The van der Waals surface area contributed by atoms with Gasteiger partial charge in [-0.1, -0.05) is 30.3 Å². The number of nitrogens with zero attached hydrogens (tertiary/aromatic N) is 7. The Kier molecular flexibility index (Phi) is 5.51. The summed E-state index contributed by atoms with van der Waals surface area (Å²) in [6.45, 7) is 1.29.